The highest BCUT2D eigenvalue weighted by molar-refractivity contribution is 7.59. The molecule has 0 saturated heterocycles. The van der Waals surface area contributed by atoms with E-state index in [2.05, 4.69) is 5.32 Å². The fourth-order valence-corrected chi connectivity index (χ4v) is 3.45. The fraction of sp³-hybridized carbons (Fsp3) is 0.190. The molecule has 0 aliphatic carbocycles. The van der Waals surface area contributed by atoms with E-state index in [1.54, 1.807) is 33.5 Å². The first-order valence-corrected chi connectivity index (χ1v) is 8.45. The average Bonchev–Trinajstić information content (AvgIpc) is 2.71. The third kappa shape index (κ3) is 3.18. The minimum Gasteiger partial charge on any atom is -0.493 e. The van der Waals surface area contributed by atoms with Crippen LogP contribution in [-0.2, 0) is 4.74 Å². The van der Waals surface area contributed by atoms with Gasteiger partial charge in [0.25, 0.3) is 0 Å². The van der Waals surface area contributed by atoms with E-state index in [0.29, 0.717) is 17.2 Å². The Morgan fingerprint density at radius 2 is 1.61 bits per heavy atom. The topological polar surface area (TPSA) is 66.0 Å². The van der Waals surface area contributed by atoms with Crippen LogP contribution in [-0.4, -0.2) is 27.4 Å². The van der Waals surface area contributed by atoms with E-state index in [1.807, 2.05) is 36.4 Å². The minimum atomic E-state index is -0.591. The van der Waals surface area contributed by atoms with Crippen LogP contribution in [0.25, 0.3) is 10.8 Å². The summed E-state index contributed by atoms with van der Waals surface area (Å²) < 4.78 is 21.9. The van der Waals surface area contributed by atoms with Crippen molar-refractivity contribution in [2.75, 3.05) is 26.6 Å². The summed E-state index contributed by atoms with van der Waals surface area (Å²) in [7, 11) is 4.65. The van der Waals surface area contributed by atoms with Crippen molar-refractivity contribution < 1.29 is 23.7 Å². The number of anilines is 1. The average molecular weight is 399 g/mol. The Kier molecular flexibility index (Phi) is 5.56. The molecule has 0 spiro atoms. The van der Waals surface area contributed by atoms with Crippen molar-refractivity contribution in [2.24, 2.45) is 0 Å². The highest BCUT2D eigenvalue weighted by Crippen LogP contribution is 2.45. The first kappa shape index (κ1) is 19.7. The van der Waals surface area contributed by atoms with Gasteiger partial charge in [-0.25, -0.2) is 4.79 Å². The number of amides is 1. The molecule has 28 heavy (non-hydrogen) atoms. The number of fused-ring (bicyclic) bond motifs is 3. The molecule has 0 fully saturated rings. The van der Waals surface area contributed by atoms with E-state index < -0.39 is 12.2 Å². The van der Waals surface area contributed by atoms with E-state index >= 15 is 0 Å². The number of rotatable bonds is 4. The van der Waals surface area contributed by atoms with Gasteiger partial charge in [-0.2, -0.15) is 13.5 Å². The van der Waals surface area contributed by atoms with Gasteiger partial charge in [0, 0.05) is 16.5 Å². The normalized spacial score (nSPS) is 15.0. The predicted molar refractivity (Wildman–Crippen MR) is 112 cm³/mol. The molecule has 1 atom stereocenters. The predicted octanol–water partition coefficient (Wildman–Crippen LogP) is 4.63. The molecule has 0 saturated carbocycles. The molecule has 0 unspecified atom stereocenters. The number of ether oxygens (including phenoxy) is 4. The van der Waals surface area contributed by atoms with Crippen molar-refractivity contribution in [3.63, 3.8) is 0 Å². The van der Waals surface area contributed by atoms with Gasteiger partial charge in [-0.05, 0) is 17.5 Å². The number of benzene rings is 3. The van der Waals surface area contributed by atoms with Crippen LogP contribution in [0.1, 0.15) is 17.2 Å². The second kappa shape index (κ2) is 7.90. The summed E-state index contributed by atoms with van der Waals surface area (Å²) in [5, 5.41) is 4.84. The van der Waals surface area contributed by atoms with E-state index in [9.17, 15) is 4.79 Å². The number of nitrogens with one attached hydrogen (secondary N) is 1. The second-order valence-electron chi connectivity index (χ2n) is 6.12. The van der Waals surface area contributed by atoms with Crippen molar-refractivity contribution in [3.05, 3.63) is 59.7 Å². The zero-order valence-electron chi connectivity index (χ0n) is 15.7. The number of methoxy groups -OCH3 is 3. The lowest BCUT2D eigenvalue weighted by Crippen LogP contribution is -2.25. The van der Waals surface area contributed by atoms with E-state index in [1.165, 1.54) is 0 Å². The maximum Gasteiger partial charge on any atom is 0.412 e. The molecule has 1 N–H and O–H groups in total. The third-order valence-electron chi connectivity index (χ3n) is 4.69. The van der Waals surface area contributed by atoms with Crippen molar-refractivity contribution in [3.8, 4) is 17.2 Å². The smallest absolute Gasteiger partial charge is 0.412 e. The zero-order valence-corrected chi connectivity index (χ0v) is 16.7. The fourth-order valence-electron chi connectivity index (χ4n) is 3.45. The van der Waals surface area contributed by atoms with Gasteiger partial charge in [-0.1, -0.05) is 36.4 Å². The molecule has 7 heteroatoms. The lowest BCUT2D eigenvalue weighted by molar-refractivity contribution is 0.126. The molecule has 6 nitrogen and oxygen atoms in total. The number of carbonyl (C=O) groups excluding carboxylic acids is 1. The number of carbonyl (C=O) groups is 1. The van der Waals surface area contributed by atoms with Crippen LogP contribution in [0.5, 0.6) is 17.2 Å². The molecule has 146 valence electrons. The molecule has 4 rings (SSSR count). The Balaban J connectivity index is 0.00000225. The van der Waals surface area contributed by atoms with E-state index in [-0.39, 0.29) is 13.5 Å². The summed E-state index contributed by atoms with van der Waals surface area (Å²) in [6.45, 7) is 0. The van der Waals surface area contributed by atoms with Crippen LogP contribution in [0.4, 0.5) is 10.5 Å². The lowest BCUT2D eigenvalue weighted by Gasteiger charge is -2.28. The molecular formula is C21H21NO5S. The van der Waals surface area contributed by atoms with Gasteiger partial charge >= 0.3 is 6.09 Å². The maximum atomic E-state index is 12.3. The van der Waals surface area contributed by atoms with Crippen molar-refractivity contribution in [2.45, 2.75) is 6.10 Å². The van der Waals surface area contributed by atoms with Crippen LogP contribution in [0.2, 0.25) is 0 Å². The molecule has 0 bridgehead atoms. The van der Waals surface area contributed by atoms with Crippen molar-refractivity contribution in [1.82, 2.24) is 0 Å². The molecule has 3 aromatic carbocycles. The Morgan fingerprint density at radius 1 is 0.929 bits per heavy atom. The summed E-state index contributed by atoms with van der Waals surface area (Å²) in [6, 6.07) is 15.5. The van der Waals surface area contributed by atoms with Gasteiger partial charge < -0.3 is 18.9 Å². The minimum absolute atomic E-state index is 0. The van der Waals surface area contributed by atoms with Gasteiger partial charge in [0.05, 0.1) is 27.0 Å². The highest BCUT2D eigenvalue weighted by Gasteiger charge is 2.30. The van der Waals surface area contributed by atoms with Crippen molar-refractivity contribution in [1.29, 1.82) is 0 Å². The molecule has 0 aromatic heterocycles. The molecular weight excluding hydrogens is 378 g/mol. The number of hydrogen-bond donors (Lipinski definition) is 1. The maximum absolute atomic E-state index is 12.3. The number of hydrogen-bond acceptors (Lipinski definition) is 5. The van der Waals surface area contributed by atoms with Crippen LogP contribution >= 0.6 is 13.5 Å². The summed E-state index contributed by atoms with van der Waals surface area (Å²) in [5.74, 6) is 1.50. The standard InChI is InChI=1S/C21H19NO5.H2S/c1-24-16-10-13(11-17(25-2)20(16)26-3)19-15-9-8-12-6-4-5-7-14(12)18(15)22-21(23)27-19;/h4-11,19H,1-3H3,(H,22,23);1H2/t19-;/m0./s1. The van der Waals surface area contributed by atoms with Crippen molar-refractivity contribution >= 4 is 36.0 Å². The van der Waals surface area contributed by atoms with Gasteiger partial charge in [0.1, 0.15) is 0 Å². The third-order valence-corrected chi connectivity index (χ3v) is 4.69. The largest absolute Gasteiger partial charge is 0.493 e. The van der Waals surface area contributed by atoms with Gasteiger partial charge in [0.15, 0.2) is 17.6 Å². The molecule has 1 amide bonds. The number of cyclic esters (lactones) is 1. The quantitative estimate of drug-likeness (QED) is 0.693. The summed E-state index contributed by atoms with van der Waals surface area (Å²) in [4.78, 5) is 12.3. The Morgan fingerprint density at radius 3 is 2.25 bits per heavy atom. The molecule has 1 heterocycles. The van der Waals surface area contributed by atoms with Crippen LogP contribution in [0, 0.1) is 0 Å². The van der Waals surface area contributed by atoms with Gasteiger partial charge in [0.2, 0.25) is 5.75 Å². The van der Waals surface area contributed by atoms with Crippen LogP contribution in [0.3, 0.4) is 0 Å². The van der Waals surface area contributed by atoms with Gasteiger partial charge in [-0.15, -0.1) is 0 Å². The molecule has 3 aromatic rings. The first-order valence-electron chi connectivity index (χ1n) is 8.45. The zero-order chi connectivity index (χ0) is 19.0. The van der Waals surface area contributed by atoms with Crippen LogP contribution in [0.15, 0.2) is 48.5 Å². The van der Waals surface area contributed by atoms with E-state index in [0.717, 1.165) is 27.6 Å². The summed E-state index contributed by atoms with van der Waals surface area (Å²) in [6.07, 6.45) is -1.09. The lowest BCUT2D eigenvalue weighted by atomic mass is 9.94. The first-order chi connectivity index (χ1) is 13.2. The Bertz CT molecular complexity index is 1010. The molecule has 1 aliphatic rings. The summed E-state index contributed by atoms with van der Waals surface area (Å²) >= 11 is 0. The Labute approximate surface area is 169 Å². The van der Waals surface area contributed by atoms with E-state index in [4.69, 9.17) is 18.9 Å². The molecule has 1 aliphatic heterocycles. The van der Waals surface area contributed by atoms with Gasteiger partial charge in [-0.3, -0.25) is 5.32 Å². The second-order valence-corrected chi connectivity index (χ2v) is 6.12. The summed E-state index contributed by atoms with van der Waals surface area (Å²) in [5.41, 5.74) is 2.35. The molecule has 0 radical (unpaired) electrons. The monoisotopic (exact) mass is 399 g/mol. The SMILES string of the molecule is COc1cc([C@@H]2OC(=O)Nc3c2ccc2ccccc32)cc(OC)c1OC.S. The Hall–Kier alpha value is -3.06. The highest BCUT2D eigenvalue weighted by atomic mass is 32.1. The van der Waals surface area contributed by atoms with Crippen LogP contribution < -0.4 is 19.5 Å².